The van der Waals surface area contributed by atoms with E-state index in [0.29, 0.717) is 35.4 Å². The molecule has 0 aliphatic carbocycles. The van der Waals surface area contributed by atoms with Crippen LogP contribution in [0, 0.1) is 5.41 Å². The number of imidazole rings is 1. The van der Waals surface area contributed by atoms with Crippen molar-refractivity contribution in [2.45, 2.75) is 30.7 Å². The molecule has 4 aromatic rings. The first-order valence-corrected chi connectivity index (χ1v) is 14.4. The van der Waals surface area contributed by atoms with E-state index in [9.17, 15) is 18.3 Å². The third-order valence-electron chi connectivity index (χ3n) is 6.57. The van der Waals surface area contributed by atoms with Crippen LogP contribution >= 0.6 is 24.8 Å². The first-order valence-electron chi connectivity index (χ1n) is 12.9. The van der Waals surface area contributed by atoms with Crippen molar-refractivity contribution < 1.29 is 18.3 Å². The third kappa shape index (κ3) is 8.22. The number of aryl methyl sites for hydroxylation is 1. The number of nitrogens with one attached hydrogen (secondary N) is 1. The van der Waals surface area contributed by atoms with Gasteiger partial charge in [-0.3, -0.25) is 14.5 Å². The minimum atomic E-state index is -3.83. The average molecular weight is 636 g/mol. The number of hydrogen-bond donors (Lipinski definition) is 3. The molecule has 1 aromatic heterocycles. The molecule has 0 atom stereocenters. The predicted molar refractivity (Wildman–Crippen MR) is 171 cm³/mol. The number of sulfonamides is 1. The molecule has 3 aromatic carbocycles. The van der Waals surface area contributed by atoms with Crippen LogP contribution in [-0.2, 0) is 27.8 Å². The van der Waals surface area contributed by atoms with Crippen LogP contribution in [0.25, 0.3) is 11.0 Å². The van der Waals surface area contributed by atoms with Crippen molar-refractivity contribution in [3.63, 3.8) is 0 Å². The maximum Gasteiger partial charge on any atom is 0.305 e. The Morgan fingerprint density at radius 2 is 1.67 bits per heavy atom. The Kier molecular flexibility index (Phi) is 12.4. The van der Waals surface area contributed by atoms with Crippen LogP contribution in [0.15, 0.2) is 77.7 Å². The fourth-order valence-electron chi connectivity index (χ4n) is 4.54. The zero-order valence-electron chi connectivity index (χ0n) is 23.4. The van der Waals surface area contributed by atoms with Crippen LogP contribution < -0.4 is 10.0 Å². The Morgan fingerprint density at radius 1 is 1.00 bits per heavy atom. The fraction of sp³-hybridized carbons (Fsp3) is 0.276. The number of hydrogen-bond acceptors (Lipinski definition) is 6. The highest BCUT2D eigenvalue weighted by molar-refractivity contribution is 7.92. The van der Waals surface area contributed by atoms with Gasteiger partial charge < -0.3 is 20.3 Å². The molecule has 0 bridgehead atoms. The van der Waals surface area contributed by atoms with E-state index in [-0.39, 0.29) is 55.1 Å². The van der Waals surface area contributed by atoms with Crippen molar-refractivity contribution in [3.05, 3.63) is 89.7 Å². The minimum Gasteiger partial charge on any atom is -0.481 e. The summed E-state index contributed by atoms with van der Waals surface area (Å²) in [5.74, 6) is -0.279. The summed E-state index contributed by atoms with van der Waals surface area (Å²) in [5, 5.41) is 16.9. The van der Waals surface area contributed by atoms with Gasteiger partial charge in [-0.1, -0.05) is 42.5 Å². The van der Waals surface area contributed by atoms with Gasteiger partial charge in [-0.2, -0.15) is 0 Å². The number of fused-ring (bicyclic) bond motifs is 1. The molecule has 4 rings (SSSR count). The van der Waals surface area contributed by atoms with Crippen molar-refractivity contribution in [2.24, 2.45) is 5.73 Å². The number of carbonyl (C=O) groups is 1. The number of nitrogens with two attached hydrogens (primary N) is 1. The lowest BCUT2D eigenvalue weighted by Gasteiger charge is -2.25. The van der Waals surface area contributed by atoms with Crippen molar-refractivity contribution >= 4 is 63.4 Å². The van der Waals surface area contributed by atoms with Crippen LogP contribution in [0.4, 0.5) is 5.69 Å². The molecular weight excluding hydrogens is 599 g/mol. The van der Waals surface area contributed by atoms with Gasteiger partial charge in [0.1, 0.15) is 11.7 Å². The molecule has 0 aliphatic heterocycles. The largest absolute Gasteiger partial charge is 0.481 e. The number of carboxylic acids is 1. The summed E-state index contributed by atoms with van der Waals surface area (Å²) >= 11 is 0. The summed E-state index contributed by atoms with van der Waals surface area (Å²) in [7, 11) is 0.0608. The molecule has 0 spiro atoms. The van der Waals surface area contributed by atoms with Gasteiger partial charge in [0.2, 0.25) is 0 Å². The maximum absolute atomic E-state index is 13.7. The summed E-state index contributed by atoms with van der Waals surface area (Å²) < 4.78 is 30.7. The van der Waals surface area contributed by atoms with Gasteiger partial charge in [0.05, 0.1) is 28.0 Å². The second-order valence-electron chi connectivity index (χ2n) is 9.83. The molecule has 0 amide bonds. The van der Waals surface area contributed by atoms with Crippen LogP contribution in [0.1, 0.15) is 29.8 Å². The highest BCUT2D eigenvalue weighted by Gasteiger charge is 2.25. The molecule has 10 nitrogen and oxygen atoms in total. The normalized spacial score (nSPS) is 11.1. The van der Waals surface area contributed by atoms with Crippen LogP contribution in [0.3, 0.4) is 0 Å². The summed E-state index contributed by atoms with van der Waals surface area (Å²) in [6.45, 7) is 1.23. The van der Waals surface area contributed by atoms with Gasteiger partial charge in [0.25, 0.3) is 10.0 Å². The molecule has 0 aliphatic rings. The summed E-state index contributed by atoms with van der Waals surface area (Å²) in [4.78, 5) is 18.4. The zero-order valence-corrected chi connectivity index (χ0v) is 25.9. The van der Waals surface area contributed by atoms with E-state index in [2.05, 4.69) is 0 Å². The van der Waals surface area contributed by atoms with E-state index in [1.807, 2.05) is 35.7 Å². The second-order valence-corrected chi connectivity index (χ2v) is 11.7. The van der Waals surface area contributed by atoms with E-state index >= 15 is 0 Å². The number of benzene rings is 3. The highest BCUT2D eigenvalue weighted by atomic mass is 35.5. The molecule has 1 heterocycles. The van der Waals surface area contributed by atoms with Gasteiger partial charge in [0.15, 0.2) is 0 Å². The summed E-state index contributed by atoms with van der Waals surface area (Å²) in [6, 6.07) is 20.9. The molecule has 226 valence electrons. The molecular formula is C29H36Cl2N6O4S. The van der Waals surface area contributed by atoms with Crippen LogP contribution in [0.5, 0.6) is 0 Å². The van der Waals surface area contributed by atoms with Gasteiger partial charge in [-0.05, 0) is 63.0 Å². The number of rotatable bonds is 13. The molecule has 0 radical (unpaired) electrons. The number of carboxylic acid groups (broad SMARTS) is 1. The number of anilines is 1. The fourth-order valence-corrected chi connectivity index (χ4v) is 6.05. The maximum atomic E-state index is 13.7. The van der Waals surface area contributed by atoms with E-state index in [1.165, 1.54) is 4.31 Å². The Morgan fingerprint density at radius 3 is 2.26 bits per heavy atom. The Hall–Kier alpha value is -3.64. The lowest BCUT2D eigenvalue weighted by atomic mass is 10.1. The van der Waals surface area contributed by atoms with E-state index in [4.69, 9.17) is 16.1 Å². The summed E-state index contributed by atoms with van der Waals surface area (Å²) in [5.41, 5.74) is 8.92. The van der Waals surface area contributed by atoms with Crippen molar-refractivity contribution in [1.29, 1.82) is 5.41 Å². The third-order valence-corrected chi connectivity index (χ3v) is 8.41. The number of halogens is 2. The number of aliphatic carboxylic acids is 1. The Balaban J connectivity index is 0.00000308. The van der Waals surface area contributed by atoms with Gasteiger partial charge >= 0.3 is 5.97 Å². The summed E-state index contributed by atoms with van der Waals surface area (Å²) in [6.07, 6.45) is 0.977. The average Bonchev–Trinajstić information content (AvgIpc) is 3.26. The Labute approximate surface area is 258 Å². The first-order chi connectivity index (χ1) is 19.1. The van der Waals surface area contributed by atoms with Crippen LogP contribution in [0.2, 0.25) is 0 Å². The van der Waals surface area contributed by atoms with E-state index in [1.54, 1.807) is 60.7 Å². The monoisotopic (exact) mass is 634 g/mol. The number of nitrogen functional groups attached to an aromatic ring is 1. The van der Waals surface area contributed by atoms with Gasteiger partial charge in [0, 0.05) is 25.1 Å². The van der Waals surface area contributed by atoms with Gasteiger partial charge in [-0.25, -0.2) is 13.4 Å². The minimum absolute atomic E-state index is 0. The molecule has 0 fully saturated rings. The zero-order chi connectivity index (χ0) is 28.9. The lowest BCUT2D eigenvalue weighted by molar-refractivity contribution is -0.137. The lowest BCUT2D eigenvalue weighted by Crippen LogP contribution is -2.33. The molecule has 0 unspecified atom stereocenters. The second kappa shape index (κ2) is 15.0. The quantitative estimate of drug-likeness (QED) is 0.146. The van der Waals surface area contributed by atoms with Crippen molar-refractivity contribution in [3.8, 4) is 0 Å². The van der Waals surface area contributed by atoms with Crippen LogP contribution in [-0.4, -0.2) is 67.0 Å². The molecule has 4 N–H and O–H groups in total. The van der Waals surface area contributed by atoms with Crippen molar-refractivity contribution in [1.82, 2.24) is 14.5 Å². The number of nitrogens with zero attached hydrogens (tertiary/aromatic N) is 4. The Bertz CT molecular complexity index is 1610. The molecule has 42 heavy (non-hydrogen) atoms. The first kappa shape index (κ1) is 34.6. The molecule has 0 saturated heterocycles. The predicted octanol–water partition coefficient (Wildman–Crippen LogP) is 4.38. The van der Waals surface area contributed by atoms with Crippen molar-refractivity contribution in [2.75, 3.05) is 31.5 Å². The van der Waals surface area contributed by atoms with E-state index < -0.39 is 16.0 Å². The smallest absolute Gasteiger partial charge is 0.305 e. The van der Waals surface area contributed by atoms with Gasteiger partial charge in [-0.15, -0.1) is 24.8 Å². The number of amidine groups is 1. The SMILES string of the molecule is CN(C)CCCN(c1ccc2c(c1)nc(Cc1ccc(C(=N)N)cc1)n2CCC(=O)O)S(=O)(=O)c1ccccc1.Cl.Cl. The van der Waals surface area contributed by atoms with E-state index in [0.717, 1.165) is 17.6 Å². The standard InChI is InChI=1S/C29H34N6O4S.2ClH/c1-33(2)16-6-17-35(40(38,39)24-7-4-3-5-8-24)23-13-14-26-25(20-23)32-27(34(26)18-15-28(36)37)19-21-9-11-22(12-10-21)29(30)31;;/h3-5,7-14,20H,6,15-19H2,1-2H3,(H3,30,31)(H,36,37);2*1H. The molecule has 0 saturated carbocycles. The highest BCUT2D eigenvalue weighted by Crippen LogP contribution is 2.29. The number of aromatic nitrogens is 2. The molecule has 13 heteroatoms. The topological polar surface area (TPSA) is 146 Å².